The van der Waals surface area contributed by atoms with Crippen molar-refractivity contribution in [1.29, 1.82) is 0 Å². The Morgan fingerprint density at radius 1 is 0.795 bits per heavy atom. The first-order valence-electron chi connectivity index (χ1n) is 12.7. The summed E-state index contributed by atoms with van der Waals surface area (Å²) in [6, 6.07) is 26.3. The first kappa shape index (κ1) is 29.2. The molecule has 0 aliphatic carbocycles. The van der Waals surface area contributed by atoms with Crippen LogP contribution in [-0.2, 0) is 20.9 Å². The molecule has 3 aromatic rings. The van der Waals surface area contributed by atoms with Gasteiger partial charge in [0.2, 0.25) is 5.91 Å². The van der Waals surface area contributed by atoms with Gasteiger partial charge in [0.15, 0.2) is 11.5 Å². The van der Waals surface area contributed by atoms with E-state index in [0.29, 0.717) is 6.61 Å². The lowest BCUT2D eigenvalue weighted by atomic mass is 9.90. The van der Waals surface area contributed by atoms with Crippen molar-refractivity contribution in [1.82, 2.24) is 9.80 Å². The van der Waals surface area contributed by atoms with Gasteiger partial charge in [-0.05, 0) is 35.7 Å². The van der Waals surface area contributed by atoms with E-state index < -0.39 is 11.9 Å². The van der Waals surface area contributed by atoms with Crippen LogP contribution in [0.4, 0.5) is 0 Å². The van der Waals surface area contributed by atoms with E-state index in [9.17, 15) is 4.79 Å². The Bertz CT molecular complexity index is 1180. The number of carboxylic acid groups (broad SMARTS) is 2. The fraction of sp³-hybridized carbons (Fsp3) is 0.300. The quantitative estimate of drug-likeness (QED) is 0.420. The van der Waals surface area contributed by atoms with Gasteiger partial charge in [-0.25, -0.2) is 9.59 Å². The maximum absolute atomic E-state index is 13.6. The number of nitrogens with zero attached hydrogens (tertiary/aromatic N) is 2. The molecule has 0 unspecified atom stereocenters. The van der Waals surface area contributed by atoms with Gasteiger partial charge in [-0.15, -0.1) is 0 Å². The average molecular weight is 535 g/mol. The minimum atomic E-state index is -1.82. The van der Waals surface area contributed by atoms with Crippen LogP contribution in [0.1, 0.15) is 29.5 Å². The molecule has 2 N–H and O–H groups in total. The van der Waals surface area contributed by atoms with E-state index in [2.05, 4.69) is 17.0 Å². The Morgan fingerprint density at radius 2 is 1.33 bits per heavy atom. The average Bonchev–Trinajstić information content (AvgIpc) is 2.95. The molecule has 0 bridgehead atoms. The van der Waals surface area contributed by atoms with Crippen LogP contribution in [-0.4, -0.2) is 77.8 Å². The van der Waals surface area contributed by atoms with Gasteiger partial charge in [0.1, 0.15) is 0 Å². The van der Waals surface area contributed by atoms with Gasteiger partial charge in [0.25, 0.3) is 0 Å². The van der Waals surface area contributed by atoms with Crippen molar-refractivity contribution in [3.8, 4) is 11.5 Å². The lowest BCUT2D eigenvalue weighted by Gasteiger charge is -2.36. The van der Waals surface area contributed by atoms with E-state index >= 15 is 0 Å². The monoisotopic (exact) mass is 534 g/mol. The molecule has 1 saturated heterocycles. The predicted molar refractivity (Wildman–Crippen MR) is 146 cm³/mol. The number of carbonyl (C=O) groups excluding carboxylic acids is 1. The SMILES string of the molecule is CCOc1cc(CN2CCN(C(=O)C(c3ccccc3)c3ccccc3)CC2)ccc1OC.O=C(O)C(=O)O. The number of carbonyl (C=O) groups is 3. The van der Waals surface area contributed by atoms with E-state index in [1.54, 1.807) is 7.11 Å². The highest BCUT2D eigenvalue weighted by molar-refractivity contribution is 6.27. The van der Waals surface area contributed by atoms with E-state index in [0.717, 1.165) is 55.3 Å². The van der Waals surface area contributed by atoms with Crippen LogP contribution in [0, 0.1) is 0 Å². The summed E-state index contributed by atoms with van der Waals surface area (Å²) in [6.45, 7) is 6.54. The van der Waals surface area contributed by atoms with Crippen molar-refractivity contribution < 1.29 is 34.1 Å². The van der Waals surface area contributed by atoms with Gasteiger partial charge in [0, 0.05) is 32.7 Å². The zero-order valence-corrected chi connectivity index (χ0v) is 22.2. The second-order valence-corrected chi connectivity index (χ2v) is 8.88. The molecule has 39 heavy (non-hydrogen) atoms. The Labute approximate surface area is 228 Å². The minimum Gasteiger partial charge on any atom is -0.493 e. The van der Waals surface area contributed by atoms with Crippen LogP contribution < -0.4 is 9.47 Å². The number of ether oxygens (including phenoxy) is 2. The number of hydrogen-bond acceptors (Lipinski definition) is 6. The van der Waals surface area contributed by atoms with Gasteiger partial charge in [0.05, 0.1) is 19.6 Å². The second-order valence-electron chi connectivity index (χ2n) is 8.88. The number of amides is 1. The van der Waals surface area contributed by atoms with Crippen LogP contribution >= 0.6 is 0 Å². The molecule has 9 nitrogen and oxygen atoms in total. The van der Waals surface area contributed by atoms with Crippen molar-refractivity contribution in [2.75, 3.05) is 39.9 Å². The molecule has 1 heterocycles. The number of aliphatic carboxylic acids is 2. The van der Waals surface area contributed by atoms with Crippen LogP contribution in [0.15, 0.2) is 78.9 Å². The summed E-state index contributed by atoms with van der Waals surface area (Å²) in [5.74, 6) is -2.21. The van der Waals surface area contributed by atoms with Crippen LogP contribution in [0.2, 0.25) is 0 Å². The van der Waals surface area contributed by atoms with Crippen LogP contribution in [0.5, 0.6) is 11.5 Å². The highest BCUT2D eigenvalue weighted by Gasteiger charge is 2.29. The summed E-state index contributed by atoms with van der Waals surface area (Å²) in [5.41, 5.74) is 3.26. The lowest BCUT2D eigenvalue weighted by molar-refractivity contribution is -0.159. The summed E-state index contributed by atoms with van der Waals surface area (Å²) in [5, 5.41) is 14.8. The first-order chi connectivity index (χ1) is 18.8. The third-order valence-corrected chi connectivity index (χ3v) is 6.31. The molecule has 4 rings (SSSR count). The summed E-state index contributed by atoms with van der Waals surface area (Å²) in [7, 11) is 1.66. The molecule has 206 valence electrons. The molecule has 0 radical (unpaired) electrons. The Balaban J connectivity index is 0.000000631. The highest BCUT2D eigenvalue weighted by atomic mass is 16.5. The van der Waals surface area contributed by atoms with Crippen molar-refractivity contribution in [2.24, 2.45) is 0 Å². The zero-order valence-electron chi connectivity index (χ0n) is 22.2. The van der Waals surface area contributed by atoms with Crippen molar-refractivity contribution in [3.63, 3.8) is 0 Å². The molecule has 1 aliphatic heterocycles. The molecule has 0 spiro atoms. The normalized spacial score (nSPS) is 13.3. The van der Waals surface area contributed by atoms with Gasteiger partial charge in [-0.3, -0.25) is 9.69 Å². The maximum Gasteiger partial charge on any atom is 0.414 e. The zero-order chi connectivity index (χ0) is 28.2. The number of hydrogen-bond donors (Lipinski definition) is 2. The summed E-state index contributed by atoms with van der Waals surface area (Å²) >= 11 is 0. The topological polar surface area (TPSA) is 117 Å². The molecule has 1 amide bonds. The fourth-order valence-electron chi connectivity index (χ4n) is 4.42. The first-order valence-corrected chi connectivity index (χ1v) is 12.7. The Morgan fingerprint density at radius 3 is 1.79 bits per heavy atom. The molecule has 0 saturated carbocycles. The predicted octanol–water partition coefficient (Wildman–Crippen LogP) is 3.73. The van der Waals surface area contributed by atoms with Crippen molar-refractivity contribution in [2.45, 2.75) is 19.4 Å². The van der Waals surface area contributed by atoms with Gasteiger partial charge in [-0.1, -0.05) is 66.7 Å². The maximum atomic E-state index is 13.6. The number of carboxylic acids is 2. The molecule has 1 aliphatic rings. The smallest absolute Gasteiger partial charge is 0.414 e. The lowest BCUT2D eigenvalue weighted by Crippen LogP contribution is -2.49. The molecule has 0 atom stereocenters. The summed E-state index contributed by atoms with van der Waals surface area (Å²) in [6.07, 6.45) is 0. The minimum absolute atomic E-state index is 0.176. The van der Waals surface area contributed by atoms with Gasteiger partial charge < -0.3 is 24.6 Å². The van der Waals surface area contributed by atoms with Crippen LogP contribution in [0.25, 0.3) is 0 Å². The third kappa shape index (κ3) is 8.31. The van der Waals surface area contributed by atoms with E-state index in [1.807, 2.05) is 78.6 Å². The molecule has 1 fully saturated rings. The Hall–Kier alpha value is -4.37. The molecule has 0 aromatic heterocycles. The van der Waals surface area contributed by atoms with Crippen LogP contribution in [0.3, 0.4) is 0 Å². The molecular formula is C30H34N2O7. The fourth-order valence-corrected chi connectivity index (χ4v) is 4.42. The highest BCUT2D eigenvalue weighted by Crippen LogP contribution is 2.30. The van der Waals surface area contributed by atoms with Crippen molar-refractivity contribution in [3.05, 3.63) is 95.6 Å². The van der Waals surface area contributed by atoms with Crippen molar-refractivity contribution >= 4 is 17.8 Å². The summed E-state index contributed by atoms with van der Waals surface area (Å²) < 4.78 is 11.1. The molecule has 9 heteroatoms. The second kappa shape index (κ2) is 14.5. The largest absolute Gasteiger partial charge is 0.493 e. The van der Waals surface area contributed by atoms with E-state index in [4.69, 9.17) is 29.3 Å². The van der Waals surface area contributed by atoms with Gasteiger partial charge >= 0.3 is 11.9 Å². The number of rotatable bonds is 8. The number of piperazine rings is 1. The van der Waals surface area contributed by atoms with E-state index in [1.165, 1.54) is 5.56 Å². The van der Waals surface area contributed by atoms with Gasteiger partial charge in [-0.2, -0.15) is 0 Å². The Kier molecular flexibility index (Phi) is 10.9. The molecule has 3 aromatic carbocycles. The number of benzene rings is 3. The summed E-state index contributed by atoms with van der Waals surface area (Å²) in [4.78, 5) is 36.2. The standard InChI is InChI=1S/C28H32N2O3.C2H2O4/c1-3-33-26-20-22(14-15-25(26)32-2)21-29-16-18-30(19-17-29)28(31)27(23-10-6-4-7-11-23)24-12-8-5-9-13-24;3-1(4)2(5)6/h4-15,20,27H,3,16-19,21H2,1-2H3;(H,3,4)(H,5,6). The number of methoxy groups -OCH3 is 1. The van der Waals surface area contributed by atoms with E-state index in [-0.39, 0.29) is 11.8 Å². The molecular weight excluding hydrogens is 500 g/mol. The third-order valence-electron chi connectivity index (χ3n) is 6.31.